The maximum atomic E-state index is 12.6. The van der Waals surface area contributed by atoms with Gasteiger partial charge in [-0.25, -0.2) is 4.79 Å². The average Bonchev–Trinajstić information content (AvgIpc) is 3.65. The van der Waals surface area contributed by atoms with Crippen molar-refractivity contribution in [2.24, 2.45) is 11.8 Å². The van der Waals surface area contributed by atoms with Crippen LogP contribution in [0.4, 0.5) is 0 Å². The Labute approximate surface area is 277 Å². The summed E-state index contributed by atoms with van der Waals surface area (Å²) in [7, 11) is 0. The molecular formula is C33H40N4O7S2. The number of H-pyrrole nitrogens is 2. The molecule has 2 aromatic rings. The van der Waals surface area contributed by atoms with Gasteiger partial charge in [-0.15, -0.1) is 0 Å². The molecule has 0 bridgehead atoms. The molecule has 1 fully saturated rings. The van der Waals surface area contributed by atoms with E-state index in [0.29, 0.717) is 51.0 Å². The molecule has 4 rings (SSSR count). The summed E-state index contributed by atoms with van der Waals surface area (Å²) in [5.41, 5.74) is 4.92. The van der Waals surface area contributed by atoms with Crippen molar-refractivity contribution >= 4 is 67.2 Å². The minimum Gasteiger partial charge on any atom is -0.481 e. The molecular weight excluding hydrogens is 629 g/mol. The van der Waals surface area contributed by atoms with Gasteiger partial charge in [-0.05, 0) is 97.3 Å². The number of carboxylic acids is 2. The molecule has 0 spiro atoms. The first kappa shape index (κ1) is 34.9. The fraction of sp³-hybridized carbons (Fsp3) is 0.394. The molecule has 4 heterocycles. The minimum atomic E-state index is -1.15. The van der Waals surface area contributed by atoms with Crippen molar-refractivity contribution in [3.8, 4) is 0 Å². The maximum absolute atomic E-state index is 12.6. The number of rotatable bonds is 12. The number of hydrogen-bond donors (Lipinski definition) is 9. The second-order valence-electron chi connectivity index (χ2n) is 11.7. The maximum Gasteiger partial charge on any atom is 0.328 e. The van der Waals surface area contributed by atoms with Crippen LogP contribution < -0.4 is 21.3 Å². The molecule has 0 radical (unpaired) electrons. The van der Waals surface area contributed by atoms with Crippen molar-refractivity contribution < 1.29 is 34.5 Å². The summed E-state index contributed by atoms with van der Waals surface area (Å²) in [5.74, 6) is -2.40. The molecule has 1 unspecified atom stereocenters. The molecule has 2 aliphatic heterocycles. The number of thiol groups is 2. The van der Waals surface area contributed by atoms with Crippen LogP contribution in [0.15, 0.2) is 28.7 Å². The fourth-order valence-corrected chi connectivity index (χ4v) is 6.81. The average molecular weight is 669 g/mol. The molecule has 0 aromatic carbocycles. The van der Waals surface area contributed by atoms with Gasteiger partial charge >= 0.3 is 11.9 Å². The van der Waals surface area contributed by atoms with Gasteiger partial charge in [0.05, 0.1) is 17.8 Å². The summed E-state index contributed by atoms with van der Waals surface area (Å²) in [5, 5.41) is 39.1. The highest BCUT2D eigenvalue weighted by molar-refractivity contribution is 7.83. The highest BCUT2D eigenvalue weighted by Gasteiger charge is 2.43. The van der Waals surface area contributed by atoms with E-state index in [1.54, 1.807) is 19.1 Å². The SMILES string of the molecule is CC1=C(/C=C\S)C(=O)N[C@@H]1/C=c1/[nH]/c(=C\c2[nH]c([C@H](O)C3NC(=O)[C@H](C)[C@H]3CCS)c(C)c2/C=C/C(=O)O)c(CCC(=O)O)c1C. The summed E-state index contributed by atoms with van der Waals surface area (Å²) < 4.78 is 0. The molecule has 0 aliphatic carbocycles. The topological polar surface area (TPSA) is 185 Å². The number of aliphatic carboxylic acids is 2. The third kappa shape index (κ3) is 7.21. The largest absolute Gasteiger partial charge is 0.481 e. The molecule has 1 saturated heterocycles. The van der Waals surface area contributed by atoms with Crippen LogP contribution in [0.3, 0.4) is 0 Å². The molecule has 7 N–H and O–H groups in total. The number of aliphatic hydroxyl groups excluding tert-OH is 1. The van der Waals surface area contributed by atoms with E-state index in [4.69, 9.17) is 0 Å². The third-order valence-corrected chi connectivity index (χ3v) is 9.42. The van der Waals surface area contributed by atoms with E-state index in [2.05, 4.69) is 45.9 Å². The van der Waals surface area contributed by atoms with Crippen molar-refractivity contribution in [1.82, 2.24) is 20.6 Å². The lowest BCUT2D eigenvalue weighted by atomic mass is 9.85. The van der Waals surface area contributed by atoms with E-state index < -0.39 is 30.1 Å². The van der Waals surface area contributed by atoms with Crippen LogP contribution in [0, 0.1) is 25.7 Å². The number of carbonyl (C=O) groups excluding carboxylic acids is 2. The zero-order chi connectivity index (χ0) is 33.9. The highest BCUT2D eigenvalue weighted by atomic mass is 32.1. The van der Waals surface area contributed by atoms with Crippen LogP contribution in [0.2, 0.25) is 0 Å². The van der Waals surface area contributed by atoms with Gasteiger partial charge in [0.2, 0.25) is 5.91 Å². The van der Waals surface area contributed by atoms with Gasteiger partial charge < -0.3 is 35.9 Å². The molecule has 2 aromatic heterocycles. The molecule has 11 nitrogen and oxygen atoms in total. The van der Waals surface area contributed by atoms with Crippen molar-refractivity contribution in [3.05, 3.63) is 73.0 Å². The van der Waals surface area contributed by atoms with Crippen LogP contribution in [-0.4, -0.2) is 66.9 Å². The molecule has 2 aliphatic rings. The summed E-state index contributed by atoms with van der Waals surface area (Å²) >= 11 is 8.43. The first-order chi connectivity index (χ1) is 21.8. The lowest BCUT2D eigenvalue weighted by Crippen LogP contribution is -2.36. The van der Waals surface area contributed by atoms with Gasteiger partial charge in [-0.2, -0.15) is 25.3 Å². The Balaban J connectivity index is 1.89. The lowest BCUT2D eigenvalue weighted by Gasteiger charge is -2.25. The van der Waals surface area contributed by atoms with Crippen LogP contribution in [0.25, 0.3) is 18.2 Å². The Morgan fingerprint density at radius 2 is 1.74 bits per heavy atom. The second kappa shape index (κ2) is 14.7. The molecule has 246 valence electrons. The molecule has 0 saturated carbocycles. The summed E-state index contributed by atoms with van der Waals surface area (Å²) in [6, 6.07) is -0.973. The summed E-state index contributed by atoms with van der Waals surface area (Å²) in [6.07, 6.45) is 7.30. The first-order valence-electron chi connectivity index (χ1n) is 15.0. The standard InChI is InChI=1S/C33H40N4O7S2/c1-15-19(5-7-27(38)39)25(34-23(15)13-24-16(2)22(10-12-46)33(44)36-24)14-26-20(6-8-28(40)41)17(3)29(35-26)31(42)30-21(9-11-45)18(4)32(43)37-30/h6,8,10,12-14,18,21,24,30-31,34-35,42,45-46H,5,7,9,11H2,1-4H3,(H,36,44)(H,37,43)(H,38,39)(H,40,41)/b8-6+,12-10-,23-13+,25-14-/t18-,21-,24-,30?,31+/m1/s1. The Morgan fingerprint density at radius 1 is 1.02 bits per heavy atom. The summed E-state index contributed by atoms with van der Waals surface area (Å²) in [6.45, 7) is 7.31. The Morgan fingerprint density at radius 3 is 2.37 bits per heavy atom. The van der Waals surface area contributed by atoms with Gasteiger partial charge in [0.25, 0.3) is 5.91 Å². The third-order valence-electron chi connectivity index (χ3n) is 9.01. The van der Waals surface area contributed by atoms with Gasteiger partial charge in [-0.3, -0.25) is 14.4 Å². The van der Waals surface area contributed by atoms with Crippen LogP contribution in [0.5, 0.6) is 0 Å². The lowest BCUT2D eigenvalue weighted by molar-refractivity contribution is -0.137. The van der Waals surface area contributed by atoms with Gasteiger partial charge in [-0.1, -0.05) is 6.92 Å². The number of aromatic amines is 2. The van der Waals surface area contributed by atoms with E-state index in [1.165, 1.54) is 11.5 Å². The van der Waals surface area contributed by atoms with Gasteiger partial charge in [0, 0.05) is 45.9 Å². The zero-order valence-electron chi connectivity index (χ0n) is 26.0. The number of hydrogen-bond acceptors (Lipinski definition) is 7. The molecule has 5 atom stereocenters. The predicted molar refractivity (Wildman–Crippen MR) is 182 cm³/mol. The molecule has 2 amide bonds. The fourth-order valence-electron chi connectivity index (χ4n) is 6.37. The predicted octanol–water partition coefficient (Wildman–Crippen LogP) is 2.05. The number of nitrogens with one attached hydrogen (secondary N) is 4. The minimum absolute atomic E-state index is 0.124. The number of carbonyl (C=O) groups is 4. The number of carboxylic acid groups (broad SMARTS) is 2. The Hall–Kier alpha value is -3.94. The first-order valence-corrected chi connectivity index (χ1v) is 16.1. The van der Waals surface area contributed by atoms with E-state index in [9.17, 15) is 34.5 Å². The number of aliphatic hydroxyl groups is 1. The normalized spacial score (nSPS) is 23.3. The van der Waals surface area contributed by atoms with Crippen LogP contribution >= 0.6 is 25.3 Å². The second-order valence-corrected chi connectivity index (χ2v) is 12.5. The zero-order valence-corrected chi connectivity index (χ0v) is 27.8. The van der Waals surface area contributed by atoms with Crippen LogP contribution in [0.1, 0.15) is 66.4 Å². The van der Waals surface area contributed by atoms with Crippen molar-refractivity contribution in [1.29, 1.82) is 0 Å². The monoisotopic (exact) mass is 668 g/mol. The smallest absolute Gasteiger partial charge is 0.328 e. The number of aromatic nitrogens is 2. The van der Waals surface area contributed by atoms with Crippen molar-refractivity contribution in [3.63, 3.8) is 0 Å². The van der Waals surface area contributed by atoms with Gasteiger partial charge in [0.1, 0.15) is 6.10 Å². The summed E-state index contributed by atoms with van der Waals surface area (Å²) in [4.78, 5) is 54.8. The highest BCUT2D eigenvalue weighted by Crippen LogP contribution is 2.36. The van der Waals surface area contributed by atoms with Crippen molar-refractivity contribution in [2.75, 3.05) is 5.75 Å². The van der Waals surface area contributed by atoms with E-state index in [0.717, 1.165) is 22.8 Å². The quantitative estimate of drug-likeness (QED) is 0.122. The van der Waals surface area contributed by atoms with E-state index in [-0.39, 0.29) is 36.5 Å². The van der Waals surface area contributed by atoms with Gasteiger partial charge in [0.15, 0.2) is 0 Å². The van der Waals surface area contributed by atoms with E-state index in [1.807, 2.05) is 26.8 Å². The van der Waals surface area contributed by atoms with E-state index >= 15 is 0 Å². The molecule has 13 heteroatoms. The molecule has 46 heavy (non-hydrogen) atoms. The Kier molecular flexibility index (Phi) is 11.1. The Bertz CT molecular complexity index is 1770. The number of amides is 2. The van der Waals surface area contributed by atoms with Crippen LogP contribution in [-0.2, 0) is 25.6 Å². The van der Waals surface area contributed by atoms with Crippen molar-refractivity contribution in [2.45, 2.75) is 65.1 Å².